The summed E-state index contributed by atoms with van der Waals surface area (Å²) in [6.07, 6.45) is 0. The van der Waals surface area contributed by atoms with E-state index in [1.165, 1.54) is 54.8 Å². The van der Waals surface area contributed by atoms with Crippen LogP contribution in [0.2, 0.25) is 0 Å². The van der Waals surface area contributed by atoms with Gasteiger partial charge in [-0.15, -0.1) is 0 Å². The van der Waals surface area contributed by atoms with E-state index in [0.29, 0.717) is 49.2 Å². The fourth-order valence-corrected chi connectivity index (χ4v) is 4.89. The molecule has 40 heavy (non-hydrogen) atoms. The molecule has 208 valence electrons. The predicted octanol–water partition coefficient (Wildman–Crippen LogP) is 4.62. The van der Waals surface area contributed by atoms with Crippen LogP contribution < -0.4 is 28.4 Å². The summed E-state index contributed by atoms with van der Waals surface area (Å²) in [4.78, 5) is 42.4. The third-order valence-corrected chi connectivity index (χ3v) is 6.96. The van der Waals surface area contributed by atoms with Crippen molar-refractivity contribution in [1.29, 1.82) is 0 Å². The van der Waals surface area contributed by atoms with E-state index in [4.69, 9.17) is 28.4 Å². The summed E-state index contributed by atoms with van der Waals surface area (Å²) in [5.74, 6) is -0.449. The Balaban J connectivity index is 1.93. The maximum atomic E-state index is 14.0. The second kappa shape index (κ2) is 11.7. The minimum atomic E-state index is -0.872. The molecule has 11 heteroatoms. The van der Waals surface area contributed by atoms with Crippen molar-refractivity contribution < 1.29 is 42.8 Å². The van der Waals surface area contributed by atoms with E-state index in [0.717, 1.165) is 0 Å². The molecule has 3 aromatic carbocycles. The van der Waals surface area contributed by atoms with E-state index in [1.807, 2.05) is 0 Å². The first-order chi connectivity index (χ1) is 19.2. The molecule has 0 spiro atoms. The number of nitrogens with zero attached hydrogens (tertiary/aromatic N) is 1. The van der Waals surface area contributed by atoms with Gasteiger partial charge in [-0.25, -0.2) is 4.90 Å². The third-order valence-electron chi connectivity index (χ3n) is 6.34. The van der Waals surface area contributed by atoms with Crippen molar-refractivity contribution in [2.45, 2.75) is 0 Å². The van der Waals surface area contributed by atoms with E-state index >= 15 is 0 Å². The number of rotatable bonds is 9. The zero-order chi connectivity index (χ0) is 29.1. The van der Waals surface area contributed by atoms with Gasteiger partial charge in [0, 0.05) is 6.07 Å². The van der Waals surface area contributed by atoms with Gasteiger partial charge in [0.15, 0.2) is 23.0 Å². The Hall–Kier alpha value is -4.51. The molecular weight excluding hydrogens is 586 g/mol. The average Bonchev–Trinajstić information content (AvgIpc) is 3.24. The molecule has 0 atom stereocenters. The van der Waals surface area contributed by atoms with Crippen molar-refractivity contribution in [1.82, 2.24) is 4.90 Å². The first-order valence-corrected chi connectivity index (χ1v) is 12.6. The SMILES string of the molecule is COc1cc(OC)c(C(=O)N2C(=O)C(c3ccc(OC)c(OC)c3)=C(c3ccc(OC)c(OC)c3)C2=O)cc1Br. The predicted molar refractivity (Wildman–Crippen MR) is 149 cm³/mol. The zero-order valence-electron chi connectivity index (χ0n) is 22.6. The highest BCUT2D eigenvalue weighted by Crippen LogP contribution is 2.42. The number of imide groups is 3. The monoisotopic (exact) mass is 611 g/mol. The summed E-state index contributed by atoms with van der Waals surface area (Å²) in [6, 6.07) is 12.5. The molecule has 1 aliphatic heterocycles. The molecular formula is C29H26BrNO9. The third kappa shape index (κ3) is 4.84. The Bertz CT molecular complexity index is 1470. The van der Waals surface area contributed by atoms with Crippen LogP contribution >= 0.6 is 15.9 Å². The fourth-order valence-electron chi connectivity index (χ4n) is 4.38. The van der Waals surface area contributed by atoms with Crippen LogP contribution in [-0.4, -0.2) is 65.3 Å². The normalized spacial score (nSPS) is 12.9. The van der Waals surface area contributed by atoms with E-state index < -0.39 is 17.7 Å². The lowest BCUT2D eigenvalue weighted by Crippen LogP contribution is -2.37. The molecule has 4 rings (SSSR count). The van der Waals surface area contributed by atoms with Crippen LogP contribution in [0.25, 0.3) is 11.1 Å². The summed E-state index contributed by atoms with van der Waals surface area (Å²) in [6.45, 7) is 0. The Morgan fingerprint density at radius 1 is 0.575 bits per heavy atom. The van der Waals surface area contributed by atoms with Gasteiger partial charge in [-0.1, -0.05) is 12.1 Å². The number of halogens is 1. The topological polar surface area (TPSA) is 110 Å². The molecule has 0 aliphatic carbocycles. The molecule has 0 saturated heterocycles. The quantitative estimate of drug-likeness (QED) is 0.320. The number of benzene rings is 3. The second-order valence-corrected chi connectivity index (χ2v) is 9.18. The van der Waals surface area contributed by atoms with Gasteiger partial charge in [0.05, 0.1) is 63.8 Å². The molecule has 3 aromatic rings. The van der Waals surface area contributed by atoms with Gasteiger partial charge >= 0.3 is 0 Å². The molecule has 1 heterocycles. The van der Waals surface area contributed by atoms with Gasteiger partial charge in [-0.2, -0.15) is 0 Å². The summed E-state index contributed by atoms with van der Waals surface area (Å²) < 4.78 is 32.6. The lowest BCUT2D eigenvalue weighted by Gasteiger charge is -2.17. The van der Waals surface area contributed by atoms with Gasteiger partial charge < -0.3 is 28.4 Å². The Labute approximate surface area is 239 Å². The fraction of sp³-hybridized carbons (Fsp3) is 0.207. The van der Waals surface area contributed by atoms with E-state index in [9.17, 15) is 14.4 Å². The highest BCUT2D eigenvalue weighted by atomic mass is 79.9. The molecule has 10 nitrogen and oxygen atoms in total. The molecule has 0 unspecified atom stereocenters. The van der Waals surface area contributed by atoms with E-state index in [-0.39, 0.29) is 22.5 Å². The van der Waals surface area contributed by atoms with Crippen molar-refractivity contribution in [2.75, 3.05) is 42.7 Å². The lowest BCUT2D eigenvalue weighted by molar-refractivity contribution is -0.132. The van der Waals surface area contributed by atoms with E-state index in [1.54, 1.807) is 36.4 Å². The summed E-state index contributed by atoms with van der Waals surface area (Å²) in [5, 5.41) is 0. The van der Waals surface area contributed by atoms with Crippen LogP contribution in [0.5, 0.6) is 34.5 Å². The number of amides is 3. The second-order valence-electron chi connectivity index (χ2n) is 8.33. The maximum Gasteiger partial charge on any atom is 0.271 e. The van der Waals surface area contributed by atoms with Crippen molar-refractivity contribution >= 4 is 44.8 Å². The number of hydrogen-bond acceptors (Lipinski definition) is 9. The first-order valence-electron chi connectivity index (χ1n) is 11.8. The Morgan fingerprint density at radius 3 is 1.40 bits per heavy atom. The van der Waals surface area contributed by atoms with Gasteiger partial charge in [-0.3, -0.25) is 14.4 Å². The first kappa shape index (κ1) is 28.5. The molecule has 0 saturated carbocycles. The minimum Gasteiger partial charge on any atom is -0.496 e. The number of methoxy groups -OCH3 is 6. The number of ether oxygens (including phenoxy) is 6. The van der Waals surface area contributed by atoms with Crippen LogP contribution in [0.4, 0.5) is 0 Å². The number of carbonyl (C=O) groups excluding carboxylic acids is 3. The number of carbonyl (C=O) groups is 3. The smallest absolute Gasteiger partial charge is 0.271 e. The maximum absolute atomic E-state index is 14.0. The standard InChI is InChI=1S/C29H26BrNO9/c1-35-19-9-7-15(11-23(19)39-5)25-26(16-8-10-20(36-2)24(12-16)40-6)29(34)31(28(25)33)27(32)17-13-18(30)22(38-4)14-21(17)37-3/h7-14H,1-6H3. The molecule has 3 amide bonds. The molecule has 0 N–H and O–H groups in total. The zero-order valence-corrected chi connectivity index (χ0v) is 24.2. The minimum absolute atomic E-state index is 0.00179. The van der Waals surface area contributed by atoms with Gasteiger partial charge in [-0.05, 0) is 57.4 Å². The summed E-state index contributed by atoms with van der Waals surface area (Å²) in [5.41, 5.74) is 0.672. The lowest BCUT2D eigenvalue weighted by atomic mass is 9.95. The van der Waals surface area contributed by atoms with Gasteiger partial charge in [0.1, 0.15) is 11.5 Å². The molecule has 0 bridgehead atoms. The summed E-state index contributed by atoms with van der Waals surface area (Å²) in [7, 11) is 8.71. The van der Waals surface area contributed by atoms with Crippen LogP contribution in [0.3, 0.4) is 0 Å². The van der Waals surface area contributed by atoms with Crippen LogP contribution in [0, 0.1) is 0 Å². The van der Waals surface area contributed by atoms with Gasteiger partial charge in [0.25, 0.3) is 17.7 Å². The van der Waals surface area contributed by atoms with Crippen molar-refractivity contribution in [2.24, 2.45) is 0 Å². The van der Waals surface area contributed by atoms with Crippen LogP contribution in [-0.2, 0) is 9.59 Å². The molecule has 0 aromatic heterocycles. The molecule has 0 fully saturated rings. The molecule has 1 aliphatic rings. The Kier molecular flexibility index (Phi) is 8.34. The highest BCUT2D eigenvalue weighted by molar-refractivity contribution is 9.10. The van der Waals surface area contributed by atoms with Crippen molar-refractivity contribution in [3.8, 4) is 34.5 Å². The Morgan fingerprint density at radius 2 is 1.00 bits per heavy atom. The largest absolute Gasteiger partial charge is 0.496 e. The van der Waals surface area contributed by atoms with Crippen LogP contribution in [0.1, 0.15) is 21.5 Å². The summed E-state index contributed by atoms with van der Waals surface area (Å²) >= 11 is 3.35. The van der Waals surface area contributed by atoms with Gasteiger partial charge in [0.2, 0.25) is 0 Å². The van der Waals surface area contributed by atoms with Crippen LogP contribution in [0.15, 0.2) is 53.0 Å². The molecule has 0 radical (unpaired) electrons. The van der Waals surface area contributed by atoms with Crippen molar-refractivity contribution in [3.05, 3.63) is 69.7 Å². The average molecular weight is 612 g/mol. The number of hydrogen-bond donors (Lipinski definition) is 0. The highest BCUT2D eigenvalue weighted by Gasteiger charge is 2.44. The van der Waals surface area contributed by atoms with E-state index in [2.05, 4.69) is 15.9 Å². The van der Waals surface area contributed by atoms with Crippen molar-refractivity contribution in [3.63, 3.8) is 0 Å².